The maximum Gasteiger partial charge on any atom is 0.326 e. The second-order valence-electron chi connectivity index (χ2n) is 7.66. The molecule has 0 bridgehead atoms. The first-order valence-electron chi connectivity index (χ1n) is 10.1. The summed E-state index contributed by atoms with van der Waals surface area (Å²) in [6, 6.07) is -2.71. The molecule has 0 saturated heterocycles. The number of carbonyl (C=O) groups excluding carboxylic acids is 3. The van der Waals surface area contributed by atoms with Crippen LogP contribution in [0, 0.1) is 5.92 Å². The van der Waals surface area contributed by atoms with Crippen molar-refractivity contribution < 1.29 is 24.3 Å². The number of hydrogen-bond donors (Lipinski definition) is 3. The summed E-state index contributed by atoms with van der Waals surface area (Å²) in [6.45, 7) is 5.31. The SMILES string of the molecule is CSCCC(NC=O)C(=O)NC(CC(C)C)C(=O)N(C1=CC=CCC1)C(C)C(=O)O. The number of nitrogens with zero attached hydrogens (tertiary/aromatic N) is 1. The van der Waals surface area contributed by atoms with Crippen molar-refractivity contribution in [2.24, 2.45) is 5.92 Å². The molecule has 1 aliphatic rings. The number of allylic oxidation sites excluding steroid dienone is 4. The van der Waals surface area contributed by atoms with Crippen molar-refractivity contribution in [2.45, 2.75) is 64.6 Å². The van der Waals surface area contributed by atoms with Crippen LogP contribution in [0.4, 0.5) is 0 Å². The fourth-order valence-electron chi connectivity index (χ4n) is 3.22. The van der Waals surface area contributed by atoms with E-state index in [1.807, 2.05) is 26.2 Å². The van der Waals surface area contributed by atoms with E-state index in [0.717, 1.165) is 0 Å². The normalized spacial score (nSPS) is 16.2. The fraction of sp³-hybridized carbons (Fsp3) is 0.619. The van der Waals surface area contributed by atoms with Gasteiger partial charge in [0.1, 0.15) is 18.1 Å². The highest BCUT2D eigenvalue weighted by molar-refractivity contribution is 7.98. The van der Waals surface area contributed by atoms with Crippen LogP contribution in [0.5, 0.6) is 0 Å². The Labute approximate surface area is 182 Å². The highest BCUT2D eigenvalue weighted by Crippen LogP contribution is 2.22. The third-order valence-electron chi connectivity index (χ3n) is 4.80. The highest BCUT2D eigenvalue weighted by atomic mass is 32.2. The molecule has 1 rings (SSSR count). The predicted molar refractivity (Wildman–Crippen MR) is 118 cm³/mol. The first-order valence-corrected chi connectivity index (χ1v) is 11.5. The van der Waals surface area contributed by atoms with E-state index in [0.29, 0.717) is 43.5 Å². The topological polar surface area (TPSA) is 116 Å². The van der Waals surface area contributed by atoms with Gasteiger partial charge in [-0.2, -0.15) is 11.8 Å². The van der Waals surface area contributed by atoms with E-state index < -0.39 is 35.9 Å². The van der Waals surface area contributed by atoms with Gasteiger partial charge in [-0.15, -0.1) is 0 Å². The van der Waals surface area contributed by atoms with E-state index >= 15 is 0 Å². The van der Waals surface area contributed by atoms with Crippen LogP contribution in [0.15, 0.2) is 23.9 Å². The van der Waals surface area contributed by atoms with Gasteiger partial charge in [0.25, 0.3) is 0 Å². The largest absolute Gasteiger partial charge is 0.480 e. The van der Waals surface area contributed by atoms with Crippen molar-refractivity contribution in [2.75, 3.05) is 12.0 Å². The number of carboxylic acid groups (broad SMARTS) is 1. The Hall–Kier alpha value is -2.29. The molecule has 0 aromatic heterocycles. The Kier molecular flexibility index (Phi) is 11.2. The van der Waals surface area contributed by atoms with Crippen molar-refractivity contribution in [3.8, 4) is 0 Å². The molecule has 3 N–H and O–H groups in total. The van der Waals surface area contributed by atoms with Gasteiger partial charge in [-0.3, -0.25) is 14.4 Å². The number of carboxylic acids is 1. The Morgan fingerprint density at radius 3 is 2.47 bits per heavy atom. The smallest absolute Gasteiger partial charge is 0.326 e. The molecule has 0 aromatic carbocycles. The van der Waals surface area contributed by atoms with Crippen LogP contribution in [-0.4, -0.2) is 64.3 Å². The average molecular weight is 440 g/mol. The van der Waals surface area contributed by atoms with Crippen LogP contribution in [0.3, 0.4) is 0 Å². The molecule has 0 radical (unpaired) electrons. The minimum Gasteiger partial charge on any atom is -0.480 e. The summed E-state index contributed by atoms with van der Waals surface area (Å²) in [5.74, 6) is -1.26. The molecule has 0 fully saturated rings. The molecule has 1 aliphatic carbocycles. The molecular formula is C21H33N3O5S. The van der Waals surface area contributed by atoms with E-state index in [1.165, 1.54) is 11.8 Å². The minimum absolute atomic E-state index is 0.0881. The summed E-state index contributed by atoms with van der Waals surface area (Å²) < 4.78 is 0. The molecule has 30 heavy (non-hydrogen) atoms. The van der Waals surface area contributed by atoms with E-state index in [4.69, 9.17) is 0 Å². The van der Waals surface area contributed by atoms with Crippen molar-refractivity contribution in [1.29, 1.82) is 0 Å². The van der Waals surface area contributed by atoms with Crippen LogP contribution in [-0.2, 0) is 19.2 Å². The summed E-state index contributed by atoms with van der Waals surface area (Å²) in [6.07, 6.45) is 9.91. The minimum atomic E-state index is -1.12. The van der Waals surface area contributed by atoms with Crippen molar-refractivity contribution >= 4 is 36.0 Å². The van der Waals surface area contributed by atoms with Gasteiger partial charge in [-0.05, 0) is 56.6 Å². The average Bonchev–Trinajstić information content (AvgIpc) is 2.70. The summed E-state index contributed by atoms with van der Waals surface area (Å²) in [4.78, 5) is 50.1. The lowest BCUT2D eigenvalue weighted by Crippen LogP contribution is -2.56. The van der Waals surface area contributed by atoms with E-state index in [2.05, 4.69) is 10.6 Å². The zero-order chi connectivity index (χ0) is 22.7. The number of amides is 3. The molecule has 0 aliphatic heterocycles. The van der Waals surface area contributed by atoms with Crippen LogP contribution in [0.1, 0.15) is 46.5 Å². The third-order valence-corrected chi connectivity index (χ3v) is 5.45. The standard InChI is InChI=1S/C21H33N3O5S/c1-14(2)12-18(23-19(26)17(22-13-25)10-11-30-4)20(27)24(15(3)21(28)29)16-8-6-5-7-9-16/h5-6,8,13-15,17-18H,7,9-12H2,1-4H3,(H,22,25)(H,23,26)(H,28,29). The van der Waals surface area contributed by atoms with Gasteiger partial charge in [0.15, 0.2) is 0 Å². The van der Waals surface area contributed by atoms with Crippen LogP contribution in [0.25, 0.3) is 0 Å². The Bertz CT molecular complexity index is 678. The third kappa shape index (κ3) is 7.85. The predicted octanol–water partition coefficient (Wildman–Crippen LogP) is 1.92. The molecule has 3 amide bonds. The van der Waals surface area contributed by atoms with E-state index in [-0.39, 0.29) is 5.92 Å². The number of carbonyl (C=O) groups is 4. The van der Waals surface area contributed by atoms with Gasteiger partial charge in [-0.1, -0.05) is 26.0 Å². The number of thioether (sulfide) groups is 1. The number of rotatable bonds is 13. The highest BCUT2D eigenvalue weighted by Gasteiger charge is 2.35. The van der Waals surface area contributed by atoms with Crippen molar-refractivity contribution in [3.05, 3.63) is 23.9 Å². The summed E-state index contributed by atoms with van der Waals surface area (Å²) in [7, 11) is 0. The second-order valence-corrected chi connectivity index (χ2v) is 8.64. The van der Waals surface area contributed by atoms with Gasteiger partial charge >= 0.3 is 5.97 Å². The maximum atomic E-state index is 13.4. The first-order chi connectivity index (χ1) is 14.2. The van der Waals surface area contributed by atoms with E-state index in [1.54, 1.807) is 23.9 Å². The Morgan fingerprint density at radius 2 is 1.97 bits per heavy atom. The molecular weight excluding hydrogens is 406 g/mol. The zero-order valence-electron chi connectivity index (χ0n) is 18.1. The van der Waals surface area contributed by atoms with Gasteiger partial charge < -0.3 is 20.6 Å². The summed E-state index contributed by atoms with van der Waals surface area (Å²) >= 11 is 1.55. The molecule has 0 heterocycles. The number of aliphatic carboxylic acids is 1. The lowest BCUT2D eigenvalue weighted by molar-refractivity contribution is -0.149. The quantitative estimate of drug-likeness (QED) is 0.378. The zero-order valence-corrected chi connectivity index (χ0v) is 18.9. The molecule has 8 nitrogen and oxygen atoms in total. The number of hydrogen-bond acceptors (Lipinski definition) is 5. The fourth-order valence-corrected chi connectivity index (χ4v) is 3.69. The monoisotopic (exact) mass is 439 g/mol. The Balaban J connectivity index is 3.15. The second kappa shape index (κ2) is 13.1. The molecule has 9 heteroatoms. The summed E-state index contributed by atoms with van der Waals surface area (Å²) in [5.41, 5.74) is 0.616. The molecule has 0 spiro atoms. The van der Waals surface area contributed by atoms with Crippen LogP contribution >= 0.6 is 11.8 Å². The van der Waals surface area contributed by atoms with Crippen molar-refractivity contribution in [3.63, 3.8) is 0 Å². The van der Waals surface area contributed by atoms with Crippen molar-refractivity contribution in [1.82, 2.24) is 15.5 Å². The molecule has 168 valence electrons. The van der Waals surface area contributed by atoms with Crippen LogP contribution in [0.2, 0.25) is 0 Å². The lowest BCUT2D eigenvalue weighted by atomic mass is 9.99. The van der Waals surface area contributed by atoms with Gasteiger partial charge in [-0.25, -0.2) is 4.79 Å². The maximum absolute atomic E-state index is 13.4. The summed E-state index contributed by atoms with van der Waals surface area (Å²) in [5, 5.41) is 14.8. The Morgan fingerprint density at radius 1 is 1.27 bits per heavy atom. The molecule has 0 aromatic rings. The molecule has 0 saturated carbocycles. The van der Waals surface area contributed by atoms with E-state index in [9.17, 15) is 24.3 Å². The first kappa shape index (κ1) is 25.7. The lowest BCUT2D eigenvalue weighted by Gasteiger charge is -2.34. The van der Waals surface area contributed by atoms with Gasteiger partial charge in [0, 0.05) is 5.70 Å². The molecule has 3 atom stereocenters. The molecule has 3 unspecified atom stereocenters. The van der Waals surface area contributed by atoms with Gasteiger partial charge in [0.2, 0.25) is 18.2 Å². The number of nitrogens with one attached hydrogen (secondary N) is 2. The van der Waals surface area contributed by atoms with Crippen LogP contribution < -0.4 is 10.6 Å². The van der Waals surface area contributed by atoms with Gasteiger partial charge in [0.05, 0.1) is 0 Å².